The third-order valence-electron chi connectivity index (χ3n) is 8.12. The molecule has 1 heteroatoms. The van der Waals surface area contributed by atoms with Crippen molar-refractivity contribution in [3.63, 3.8) is 0 Å². The fourth-order valence-corrected chi connectivity index (χ4v) is 7.05. The third-order valence-corrected chi connectivity index (χ3v) is 9.88. The first-order valence-electron chi connectivity index (χ1n) is 13.9. The van der Waals surface area contributed by atoms with Gasteiger partial charge in [0.25, 0.3) is 0 Å². The molecule has 0 amide bonds. The van der Waals surface area contributed by atoms with Crippen molar-refractivity contribution in [2.75, 3.05) is 0 Å². The highest BCUT2D eigenvalue weighted by molar-refractivity contribution is 6.63. The Kier molecular flexibility index (Phi) is 8.85. The Bertz CT molecular complexity index is 1240. The molecule has 0 heterocycles. The minimum absolute atomic E-state index is 0.536. The van der Waals surface area contributed by atoms with Gasteiger partial charge < -0.3 is 0 Å². The summed E-state index contributed by atoms with van der Waals surface area (Å²) in [6.45, 7) is 13.9. The van der Waals surface area contributed by atoms with Crippen LogP contribution in [0.2, 0.25) is 0 Å². The number of aryl methyl sites for hydroxylation is 2. The summed E-state index contributed by atoms with van der Waals surface area (Å²) in [5, 5.41) is 3.07. The second-order valence-electron chi connectivity index (χ2n) is 10.5. The van der Waals surface area contributed by atoms with Crippen LogP contribution in [0.15, 0.2) is 88.6 Å². The van der Waals surface area contributed by atoms with Crippen LogP contribution >= 0.6 is 0 Å². The summed E-state index contributed by atoms with van der Waals surface area (Å²) in [5.41, 5.74) is 12.9. The summed E-state index contributed by atoms with van der Waals surface area (Å²) in [5.74, 6) is 0.536. The Labute approximate surface area is 222 Å². The van der Waals surface area contributed by atoms with E-state index >= 15 is 0 Å². The van der Waals surface area contributed by atoms with Crippen LogP contribution in [0.5, 0.6) is 0 Å². The zero-order chi connectivity index (χ0) is 25.7. The number of hydrogen-bond donors (Lipinski definition) is 0. The van der Waals surface area contributed by atoms with E-state index in [0.717, 1.165) is 0 Å². The van der Waals surface area contributed by atoms with E-state index in [-0.39, 0.29) is 0 Å². The summed E-state index contributed by atoms with van der Waals surface area (Å²) in [6, 6.07) is 25.7. The lowest BCUT2D eigenvalue weighted by atomic mass is 9.92. The van der Waals surface area contributed by atoms with Crippen molar-refractivity contribution in [1.29, 1.82) is 0 Å². The summed E-state index contributed by atoms with van der Waals surface area (Å²) in [6.07, 6.45) is 7.32. The molecule has 1 unspecified atom stereocenters. The first-order valence-corrected chi connectivity index (χ1v) is 14.9. The molecule has 1 aliphatic carbocycles. The number of rotatable bonds is 10. The van der Waals surface area contributed by atoms with Crippen LogP contribution in [-0.2, 0) is 12.8 Å². The largest absolute Gasteiger partial charge is 0.117 e. The van der Waals surface area contributed by atoms with Crippen molar-refractivity contribution in [2.45, 2.75) is 80.1 Å². The maximum atomic E-state index is 2.39. The molecule has 3 aromatic carbocycles. The van der Waals surface area contributed by atoms with E-state index < -0.39 is 0 Å². The lowest BCUT2D eigenvalue weighted by Crippen LogP contribution is -2.23. The van der Waals surface area contributed by atoms with E-state index in [4.69, 9.17) is 0 Å². The van der Waals surface area contributed by atoms with E-state index in [9.17, 15) is 0 Å². The van der Waals surface area contributed by atoms with Gasteiger partial charge in [0.15, 0.2) is 0 Å². The van der Waals surface area contributed by atoms with Crippen LogP contribution in [0.1, 0.15) is 78.4 Å². The second-order valence-corrected chi connectivity index (χ2v) is 11.8. The summed E-state index contributed by atoms with van der Waals surface area (Å²) in [4.78, 5) is 0. The Balaban J connectivity index is 1.78. The Morgan fingerprint density at radius 3 is 1.72 bits per heavy atom. The van der Waals surface area contributed by atoms with Crippen LogP contribution < -0.4 is 5.19 Å². The van der Waals surface area contributed by atoms with E-state index in [1.807, 2.05) is 0 Å². The first kappa shape index (κ1) is 26.4. The van der Waals surface area contributed by atoms with Gasteiger partial charge in [0.05, 0.1) is 0 Å². The van der Waals surface area contributed by atoms with Crippen molar-refractivity contribution < 1.29 is 0 Å². The minimum atomic E-state index is 0.536. The molecule has 0 fully saturated rings. The van der Waals surface area contributed by atoms with Gasteiger partial charge in [-0.15, -0.1) is 0 Å². The topological polar surface area (TPSA) is 0 Å². The van der Waals surface area contributed by atoms with Gasteiger partial charge in [0.2, 0.25) is 0 Å². The lowest BCUT2D eigenvalue weighted by Gasteiger charge is -2.19. The van der Waals surface area contributed by atoms with Crippen molar-refractivity contribution >= 4 is 14.7 Å². The highest BCUT2D eigenvalue weighted by Gasteiger charge is 2.25. The number of benzene rings is 3. The average Bonchev–Trinajstić information content (AvgIpc) is 3.09. The normalized spacial score (nSPS) is 15.8. The molecule has 0 aliphatic heterocycles. The summed E-state index contributed by atoms with van der Waals surface area (Å²) in [7, 11) is 0.689. The molecule has 1 atom stereocenters. The van der Waals surface area contributed by atoms with Crippen LogP contribution in [-0.4, -0.2) is 9.52 Å². The molecular weight excluding hydrogens is 448 g/mol. The average molecular weight is 491 g/mol. The van der Waals surface area contributed by atoms with Gasteiger partial charge in [-0.25, -0.2) is 0 Å². The highest BCUT2D eigenvalue weighted by atomic mass is 28.2. The summed E-state index contributed by atoms with van der Waals surface area (Å²) < 4.78 is 0. The molecular formula is C35H42Si. The van der Waals surface area contributed by atoms with E-state index in [0.29, 0.717) is 15.4 Å². The van der Waals surface area contributed by atoms with E-state index in [1.54, 1.807) is 5.20 Å². The van der Waals surface area contributed by atoms with Crippen LogP contribution in [0.4, 0.5) is 0 Å². The quantitative estimate of drug-likeness (QED) is 0.248. The van der Waals surface area contributed by atoms with Gasteiger partial charge in [0, 0.05) is 0 Å². The molecule has 2 radical (unpaired) electrons. The highest BCUT2D eigenvalue weighted by Crippen LogP contribution is 2.37. The molecule has 0 nitrogen and oxygen atoms in total. The second kappa shape index (κ2) is 12.1. The fourth-order valence-electron chi connectivity index (χ4n) is 5.37. The van der Waals surface area contributed by atoms with E-state index in [1.165, 1.54) is 93.8 Å². The molecule has 0 saturated heterocycles. The van der Waals surface area contributed by atoms with Crippen LogP contribution in [0, 0.1) is 5.92 Å². The molecule has 0 bridgehead atoms. The van der Waals surface area contributed by atoms with Gasteiger partial charge in [-0.3, -0.25) is 0 Å². The third kappa shape index (κ3) is 5.68. The predicted octanol–water partition coefficient (Wildman–Crippen LogP) is 9.30. The fraction of sp³-hybridized carbons (Fsp3) is 0.371. The molecule has 0 aromatic heterocycles. The monoisotopic (exact) mass is 490 g/mol. The van der Waals surface area contributed by atoms with Gasteiger partial charge in [-0.05, 0) is 91.3 Å². The molecule has 4 rings (SSSR count). The molecule has 0 N–H and O–H groups in total. The van der Waals surface area contributed by atoms with Crippen molar-refractivity contribution in [3.05, 3.63) is 99.8 Å². The molecule has 1 aliphatic rings. The van der Waals surface area contributed by atoms with Gasteiger partial charge in [-0.2, -0.15) is 0 Å². The maximum absolute atomic E-state index is 2.39. The van der Waals surface area contributed by atoms with Gasteiger partial charge in [-0.1, -0.05) is 122 Å². The smallest absolute Gasteiger partial charge is 0.0695 e. The number of unbranched alkanes of at least 4 members (excludes halogenated alkanes) is 2. The molecule has 0 spiro atoms. The zero-order valence-electron chi connectivity index (χ0n) is 23.2. The Morgan fingerprint density at radius 2 is 1.22 bits per heavy atom. The summed E-state index contributed by atoms with van der Waals surface area (Å²) >= 11 is 0. The van der Waals surface area contributed by atoms with Crippen molar-refractivity contribution in [3.8, 4) is 22.3 Å². The molecule has 36 heavy (non-hydrogen) atoms. The number of hydrogen-bond acceptors (Lipinski definition) is 0. The maximum Gasteiger partial charge on any atom is 0.117 e. The zero-order valence-corrected chi connectivity index (χ0v) is 24.2. The van der Waals surface area contributed by atoms with E-state index in [2.05, 4.69) is 108 Å². The molecule has 186 valence electrons. The Morgan fingerprint density at radius 1 is 0.667 bits per heavy atom. The first-order chi connectivity index (χ1) is 17.4. The van der Waals surface area contributed by atoms with Gasteiger partial charge in [0.1, 0.15) is 9.52 Å². The van der Waals surface area contributed by atoms with Gasteiger partial charge >= 0.3 is 0 Å². The predicted molar refractivity (Wildman–Crippen MR) is 160 cm³/mol. The molecule has 0 saturated carbocycles. The minimum Gasteiger partial charge on any atom is -0.0695 e. The number of allylic oxidation sites excluding steroid dienone is 4. The van der Waals surface area contributed by atoms with Crippen molar-refractivity contribution in [2.24, 2.45) is 5.92 Å². The lowest BCUT2D eigenvalue weighted by molar-refractivity contribution is 0.795. The molecule has 3 aromatic rings. The Hall–Kier alpha value is -2.64. The van der Waals surface area contributed by atoms with Crippen LogP contribution in [0.3, 0.4) is 0 Å². The van der Waals surface area contributed by atoms with Crippen LogP contribution in [0.25, 0.3) is 22.3 Å². The standard InChI is InChI=1S/C35H42Si/c1-7-9-12-28-16-20-30(21-17-28)32-14-11-15-33(36-35-26(5)24(3)25(4)27(35)6)34(32)31-22-18-29(19-23-31)13-10-8-2/h11,14-23,26H,7-10,12-13H2,1-6H3. The SMILES string of the molecule is CCCCc1ccc(-c2cccc([Si]C3=C(C)C(C)=C(C)C3C)c2-c2ccc(CCCC)cc2)cc1. The van der Waals surface area contributed by atoms with Crippen molar-refractivity contribution in [1.82, 2.24) is 0 Å².